The lowest BCUT2D eigenvalue weighted by atomic mass is 9.71. The summed E-state index contributed by atoms with van der Waals surface area (Å²) >= 11 is 6.03. The Morgan fingerprint density at radius 2 is 1.85 bits per heavy atom. The number of halogens is 3. The third kappa shape index (κ3) is 3.46. The standard InChI is InChI=1S/C23H25ClF2N4O2S/c24-15-4-2-13(3-5-15)14-8-16-10-17(9-14)30(16)21-27-18-11-23(25,26)33(32)19(18)20(28-21)29-22(12-31)6-1-7-22/h2-5,14,16-17,31H,1,6-12H2,(H,27,28,29)/t14?,16?,17?,33-/m1/s1. The van der Waals surface area contributed by atoms with Gasteiger partial charge in [-0.1, -0.05) is 23.7 Å². The van der Waals surface area contributed by atoms with Crippen LogP contribution in [-0.4, -0.2) is 48.8 Å². The molecule has 0 spiro atoms. The number of rotatable bonds is 5. The van der Waals surface area contributed by atoms with Crippen LogP contribution in [-0.2, 0) is 17.2 Å². The molecule has 0 amide bonds. The SMILES string of the molecule is O=[S@@]1c2c(nc(N3C4CC(c5ccc(Cl)cc5)CC3C4)nc2NC2(CO)CCC2)CC1(F)F. The van der Waals surface area contributed by atoms with E-state index in [1.54, 1.807) is 0 Å². The summed E-state index contributed by atoms with van der Waals surface area (Å²) < 4.78 is 41.3. The van der Waals surface area contributed by atoms with Gasteiger partial charge >= 0.3 is 5.25 Å². The molecule has 176 valence electrons. The van der Waals surface area contributed by atoms with E-state index in [1.165, 1.54) is 5.56 Å². The van der Waals surface area contributed by atoms with Crippen LogP contribution >= 0.6 is 11.6 Å². The zero-order valence-electron chi connectivity index (χ0n) is 17.9. The number of hydrogen-bond acceptors (Lipinski definition) is 6. The van der Waals surface area contributed by atoms with Gasteiger partial charge in [0, 0.05) is 17.1 Å². The summed E-state index contributed by atoms with van der Waals surface area (Å²) in [6.45, 7) is -0.123. The molecule has 3 atom stereocenters. The van der Waals surface area contributed by atoms with Gasteiger partial charge in [0.25, 0.3) is 0 Å². The number of hydrogen-bond donors (Lipinski definition) is 2. The summed E-state index contributed by atoms with van der Waals surface area (Å²) in [5.41, 5.74) is 0.819. The smallest absolute Gasteiger partial charge is 0.331 e. The first-order valence-electron chi connectivity index (χ1n) is 11.4. The Balaban J connectivity index is 1.31. The molecule has 6 nitrogen and oxygen atoms in total. The normalized spacial score (nSPS) is 30.8. The van der Waals surface area contributed by atoms with Gasteiger partial charge in [0.05, 0.1) is 24.3 Å². The predicted octanol–water partition coefficient (Wildman–Crippen LogP) is 4.24. The Hall–Kier alpha value is -1.84. The third-order valence-corrected chi connectivity index (χ3v) is 9.51. The van der Waals surface area contributed by atoms with E-state index in [2.05, 4.69) is 32.3 Å². The Morgan fingerprint density at radius 1 is 1.15 bits per heavy atom. The van der Waals surface area contributed by atoms with Crippen LogP contribution in [0.15, 0.2) is 29.2 Å². The lowest BCUT2D eigenvalue weighted by molar-refractivity contribution is 0.104. The van der Waals surface area contributed by atoms with E-state index in [1.807, 2.05) is 12.1 Å². The fraction of sp³-hybridized carbons (Fsp3) is 0.565. The number of piperidine rings is 1. The van der Waals surface area contributed by atoms with Crippen LogP contribution in [0.2, 0.25) is 5.02 Å². The number of nitrogens with zero attached hydrogens (tertiary/aromatic N) is 3. The molecule has 2 bridgehead atoms. The maximum absolute atomic E-state index is 14.4. The largest absolute Gasteiger partial charge is 0.394 e. The molecule has 33 heavy (non-hydrogen) atoms. The molecular weight excluding hydrogens is 470 g/mol. The molecule has 2 saturated carbocycles. The topological polar surface area (TPSA) is 78.4 Å². The van der Waals surface area contributed by atoms with Gasteiger partial charge in [0.15, 0.2) is 0 Å². The second-order valence-electron chi connectivity index (χ2n) is 9.82. The fourth-order valence-electron chi connectivity index (χ4n) is 5.79. The van der Waals surface area contributed by atoms with Gasteiger partial charge in [0.1, 0.15) is 21.5 Å². The minimum Gasteiger partial charge on any atom is -0.394 e. The van der Waals surface area contributed by atoms with Crippen LogP contribution in [0.5, 0.6) is 0 Å². The van der Waals surface area contributed by atoms with Crippen molar-refractivity contribution in [2.24, 2.45) is 0 Å². The summed E-state index contributed by atoms with van der Waals surface area (Å²) in [7, 11) is -2.51. The van der Waals surface area contributed by atoms with Crippen LogP contribution in [0.3, 0.4) is 0 Å². The van der Waals surface area contributed by atoms with Gasteiger partial charge in [-0.3, -0.25) is 0 Å². The molecule has 3 aliphatic heterocycles. The molecule has 1 aromatic heterocycles. The number of alkyl halides is 2. The van der Waals surface area contributed by atoms with Crippen molar-refractivity contribution in [3.8, 4) is 0 Å². The van der Waals surface area contributed by atoms with Crippen molar-refractivity contribution in [3.63, 3.8) is 0 Å². The number of aromatic nitrogens is 2. The zero-order chi connectivity index (χ0) is 23.0. The fourth-order valence-corrected chi connectivity index (χ4v) is 7.09. The van der Waals surface area contributed by atoms with Crippen molar-refractivity contribution in [2.45, 2.75) is 78.6 Å². The first kappa shape index (κ1) is 21.7. The average molecular weight is 495 g/mol. The highest BCUT2D eigenvalue weighted by atomic mass is 35.5. The van der Waals surface area contributed by atoms with Gasteiger partial charge in [-0.2, -0.15) is 13.8 Å². The number of fused-ring (bicyclic) bond motifs is 3. The Morgan fingerprint density at radius 3 is 2.45 bits per heavy atom. The molecular formula is C23H25ClF2N4O2S. The molecule has 2 unspecified atom stereocenters. The highest BCUT2D eigenvalue weighted by molar-refractivity contribution is 7.86. The molecule has 1 aromatic carbocycles. The van der Waals surface area contributed by atoms with E-state index in [4.69, 9.17) is 11.6 Å². The molecule has 10 heteroatoms. The predicted molar refractivity (Wildman–Crippen MR) is 122 cm³/mol. The minimum atomic E-state index is -3.36. The first-order valence-corrected chi connectivity index (χ1v) is 12.9. The third-order valence-electron chi connectivity index (χ3n) is 7.77. The highest BCUT2D eigenvalue weighted by Gasteiger charge is 2.52. The number of aliphatic hydroxyl groups is 1. The average Bonchev–Trinajstić information content (AvgIpc) is 2.99. The Kier molecular flexibility index (Phi) is 4.98. The van der Waals surface area contributed by atoms with Crippen molar-refractivity contribution in [3.05, 3.63) is 40.5 Å². The maximum atomic E-state index is 14.4. The van der Waals surface area contributed by atoms with E-state index in [0.29, 0.717) is 16.9 Å². The molecule has 2 aliphatic carbocycles. The number of anilines is 2. The van der Waals surface area contributed by atoms with E-state index >= 15 is 0 Å². The lowest BCUT2D eigenvalue weighted by Crippen LogP contribution is -2.61. The van der Waals surface area contributed by atoms with E-state index in [-0.39, 0.29) is 35.1 Å². The summed E-state index contributed by atoms with van der Waals surface area (Å²) in [6, 6.07) is 8.43. The maximum Gasteiger partial charge on any atom is 0.331 e. The van der Waals surface area contributed by atoms with Crippen molar-refractivity contribution >= 4 is 34.2 Å². The zero-order valence-corrected chi connectivity index (χ0v) is 19.5. The number of nitrogens with one attached hydrogen (secondary N) is 1. The molecule has 2 saturated heterocycles. The highest BCUT2D eigenvalue weighted by Crippen LogP contribution is 2.49. The van der Waals surface area contributed by atoms with Crippen LogP contribution in [0.25, 0.3) is 0 Å². The quantitative estimate of drug-likeness (QED) is 0.647. The number of aliphatic hydroxyl groups excluding tert-OH is 1. The van der Waals surface area contributed by atoms with Gasteiger partial charge in [-0.05, 0) is 62.1 Å². The summed E-state index contributed by atoms with van der Waals surface area (Å²) in [5.74, 6) is 1.03. The van der Waals surface area contributed by atoms with E-state index < -0.39 is 28.0 Å². The van der Waals surface area contributed by atoms with Crippen molar-refractivity contribution in [1.29, 1.82) is 0 Å². The monoisotopic (exact) mass is 494 g/mol. The van der Waals surface area contributed by atoms with Crippen molar-refractivity contribution in [1.82, 2.24) is 9.97 Å². The van der Waals surface area contributed by atoms with Crippen molar-refractivity contribution < 1.29 is 18.1 Å². The molecule has 5 aliphatic rings. The molecule has 7 rings (SSSR count). The van der Waals surface area contributed by atoms with E-state index in [9.17, 15) is 18.1 Å². The molecule has 4 heterocycles. The van der Waals surface area contributed by atoms with E-state index in [0.717, 1.165) is 38.5 Å². The van der Waals surface area contributed by atoms with Crippen LogP contribution in [0.4, 0.5) is 20.5 Å². The first-order chi connectivity index (χ1) is 15.8. The second-order valence-corrected chi connectivity index (χ2v) is 11.8. The Labute approximate surface area is 198 Å². The van der Waals surface area contributed by atoms with Gasteiger partial charge < -0.3 is 15.3 Å². The molecule has 2 N–H and O–H groups in total. The lowest BCUT2D eigenvalue weighted by Gasteiger charge is -2.55. The minimum absolute atomic E-state index is 0.00630. The van der Waals surface area contributed by atoms with Gasteiger partial charge in [-0.25, -0.2) is 9.19 Å². The molecule has 4 fully saturated rings. The van der Waals surface area contributed by atoms with Crippen LogP contribution in [0.1, 0.15) is 55.7 Å². The van der Waals surface area contributed by atoms with Gasteiger partial charge in [-0.15, -0.1) is 0 Å². The summed E-state index contributed by atoms with van der Waals surface area (Å²) in [5, 5.41) is 10.4. The van der Waals surface area contributed by atoms with Crippen LogP contribution in [0, 0.1) is 0 Å². The number of benzene rings is 1. The molecule has 2 aromatic rings. The van der Waals surface area contributed by atoms with Crippen molar-refractivity contribution in [2.75, 3.05) is 16.8 Å². The van der Waals surface area contributed by atoms with Gasteiger partial charge in [0.2, 0.25) is 5.95 Å². The Bertz CT molecular complexity index is 1110. The second kappa shape index (κ2) is 7.58. The summed E-state index contributed by atoms with van der Waals surface area (Å²) in [6.07, 6.45) is 4.62. The van der Waals surface area contributed by atoms with Crippen LogP contribution < -0.4 is 10.2 Å². The summed E-state index contributed by atoms with van der Waals surface area (Å²) in [4.78, 5) is 11.3. The molecule has 0 radical (unpaired) electrons.